The first-order chi connectivity index (χ1) is 18.8. The van der Waals surface area contributed by atoms with Gasteiger partial charge < -0.3 is 14.2 Å². The van der Waals surface area contributed by atoms with Gasteiger partial charge in [-0.25, -0.2) is 13.4 Å². The maximum atomic E-state index is 13.5. The van der Waals surface area contributed by atoms with Crippen molar-refractivity contribution in [2.45, 2.75) is 23.8 Å². The van der Waals surface area contributed by atoms with Crippen LogP contribution in [-0.2, 0) is 14.6 Å². The summed E-state index contributed by atoms with van der Waals surface area (Å²) in [6.45, 7) is 0. The molecule has 11 heteroatoms. The highest BCUT2D eigenvalue weighted by Gasteiger charge is 2.30. The highest BCUT2D eigenvalue weighted by atomic mass is 32.2. The second-order valence-electron chi connectivity index (χ2n) is 9.11. The van der Waals surface area contributed by atoms with Gasteiger partial charge in [0.1, 0.15) is 5.75 Å². The number of nitrogens with one attached hydrogen (secondary N) is 1. The van der Waals surface area contributed by atoms with Crippen LogP contribution in [0.25, 0.3) is 10.2 Å². The Morgan fingerprint density at radius 3 is 2.36 bits per heavy atom. The number of ether oxygens (including phenoxy) is 3. The smallest absolute Gasteiger partial charge is 0.271 e. The first kappa shape index (κ1) is 26.5. The number of amides is 1. The molecule has 1 aromatic heterocycles. The van der Waals surface area contributed by atoms with Crippen LogP contribution >= 0.6 is 11.3 Å². The van der Waals surface area contributed by atoms with Gasteiger partial charge in [0.2, 0.25) is 6.10 Å². The van der Waals surface area contributed by atoms with Crippen LogP contribution in [0.1, 0.15) is 30.1 Å². The summed E-state index contributed by atoms with van der Waals surface area (Å²) >= 11 is 1.27. The Bertz CT molecular complexity index is 1610. The van der Waals surface area contributed by atoms with Crippen molar-refractivity contribution in [3.8, 4) is 23.3 Å². The van der Waals surface area contributed by atoms with Crippen LogP contribution < -0.4 is 19.5 Å². The number of fused-ring (bicyclic) bond motifs is 1. The number of hydrogen-bond acceptors (Lipinski definition) is 9. The average molecular weight is 564 g/mol. The third-order valence-corrected chi connectivity index (χ3v) is 9.13. The van der Waals surface area contributed by atoms with Crippen LogP contribution in [0, 0.1) is 17.2 Å². The van der Waals surface area contributed by atoms with E-state index in [0.29, 0.717) is 39.0 Å². The Morgan fingerprint density at radius 1 is 1.08 bits per heavy atom. The standard InChI is InChI=1S/C28H25N3O6S2/c1-35-23-13-22-25(14-24(23)36-2)38-28(30-22)31-27(32)26(37-20-9-5-17(15-29)6-10-20)19-7-11-21(12-8-19)39(33,34)16-18-3-4-18/h5-14,18,26H,3-4,16H2,1-2H3,(H,30,31,32). The quantitative estimate of drug-likeness (QED) is 0.281. The normalized spacial score (nSPS) is 13.9. The molecule has 1 N–H and O–H groups in total. The van der Waals surface area contributed by atoms with Gasteiger partial charge in [0.15, 0.2) is 26.5 Å². The first-order valence-corrected chi connectivity index (χ1v) is 14.6. The highest BCUT2D eigenvalue weighted by molar-refractivity contribution is 7.91. The molecule has 39 heavy (non-hydrogen) atoms. The van der Waals surface area contributed by atoms with Crippen LogP contribution in [0.15, 0.2) is 65.6 Å². The van der Waals surface area contributed by atoms with Crippen LogP contribution in [0.2, 0.25) is 0 Å². The van der Waals surface area contributed by atoms with Gasteiger partial charge in [-0.3, -0.25) is 10.1 Å². The molecule has 9 nitrogen and oxygen atoms in total. The van der Waals surface area contributed by atoms with E-state index in [4.69, 9.17) is 19.5 Å². The molecule has 0 radical (unpaired) electrons. The Balaban J connectivity index is 1.43. The molecule has 0 bridgehead atoms. The molecule has 0 aliphatic heterocycles. The van der Waals surface area contributed by atoms with Gasteiger partial charge >= 0.3 is 0 Å². The number of thiazole rings is 1. The Morgan fingerprint density at radius 2 is 1.74 bits per heavy atom. The molecule has 5 rings (SSSR count). The van der Waals surface area contributed by atoms with Crippen molar-refractivity contribution < 1.29 is 27.4 Å². The Kier molecular flexibility index (Phi) is 7.41. The number of nitriles is 1. The van der Waals surface area contributed by atoms with Gasteiger partial charge in [-0.15, -0.1) is 0 Å². The van der Waals surface area contributed by atoms with Gasteiger partial charge in [0.05, 0.1) is 46.7 Å². The number of aromatic nitrogens is 1. The van der Waals surface area contributed by atoms with Gasteiger partial charge in [-0.05, 0) is 55.2 Å². The summed E-state index contributed by atoms with van der Waals surface area (Å²) in [7, 11) is -0.325. The van der Waals surface area contributed by atoms with E-state index in [0.717, 1.165) is 17.5 Å². The third-order valence-electron chi connectivity index (χ3n) is 6.29. The van der Waals surface area contributed by atoms with E-state index in [-0.39, 0.29) is 16.6 Å². The zero-order chi connectivity index (χ0) is 27.6. The van der Waals surface area contributed by atoms with Crippen molar-refractivity contribution in [1.82, 2.24) is 4.98 Å². The molecule has 1 fully saturated rings. The van der Waals surface area contributed by atoms with Crippen LogP contribution in [-0.4, -0.2) is 39.3 Å². The fourth-order valence-electron chi connectivity index (χ4n) is 4.04. The lowest BCUT2D eigenvalue weighted by Crippen LogP contribution is -2.25. The lowest BCUT2D eigenvalue weighted by Gasteiger charge is -2.19. The summed E-state index contributed by atoms with van der Waals surface area (Å²) in [6, 6.07) is 18.1. The van der Waals surface area contributed by atoms with Crippen molar-refractivity contribution in [3.63, 3.8) is 0 Å². The predicted molar refractivity (Wildman–Crippen MR) is 147 cm³/mol. The minimum Gasteiger partial charge on any atom is -0.493 e. The monoisotopic (exact) mass is 563 g/mol. The first-order valence-electron chi connectivity index (χ1n) is 12.1. The fraction of sp³-hybridized carbons (Fsp3) is 0.250. The number of methoxy groups -OCH3 is 2. The number of nitrogens with zero attached hydrogens (tertiary/aromatic N) is 2. The minimum absolute atomic E-state index is 0.130. The number of benzene rings is 3. The molecule has 1 unspecified atom stereocenters. The third kappa shape index (κ3) is 5.97. The largest absolute Gasteiger partial charge is 0.493 e. The summed E-state index contributed by atoms with van der Waals surface area (Å²) in [5, 5.41) is 12.3. The second-order valence-corrected chi connectivity index (χ2v) is 12.2. The zero-order valence-corrected chi connectivity index (χ0v) is 22.8. The van der Waals surface area contributed by atoms with Crippen molar-refractivity contribution in [1.29, 1.82) is 5.26 Å². The molecule has 200 valence electrons. The van der Waals surface area contributed by atoms with E-state index in [1.165, 1.54) is 30.6 Å². The maximum Gasteiger partial charge on any atom is 0.271 e. The SMILES string of the molecule is COc1cc2nc(NC(=O)C(Oc3ccc(C#N)cc3)c3ccc(S(=O)(=O)CC4CC4)cc3)sc2cc1OC. The average Bonchev–Trinajstić information content (AvgIpc) is 3.66. The summed E-state index contributed by atoms with van der Waals surface area (Å²) in [4.78, 5) is 18.2. The number of anilines is 1. The van der Waals surface area contributed by atoms with E-state index >= 15 is 0 Å². The molecule has 1 aliphatic carbocycles. The zero-order valence-electron chi connectivity index (χ0n) is 21.2. The molecule has 0 saturated heterocycles. The number of hydrogen-bond donors (Lipinski definition) is 1. The highest BCUT2D eigenvalue weighted by Crippen LogP contribution is 2.37. The van der Waals surface area contributed by atoms with E-state index in [9.17, 15) is 13.2 Å². The molecule has 3 aromatic carbocycles. The van der Waals surface area contributed by atoms with Gasteiger partial charge in [0, 0.05) is 17.7 Å². The number of rotatable bonds is 10. The molecule has 1 aliphatic rings. The van der Waals surface area contributed by atoms with Crippen molar-refractivity contribution in [2.24, 2.45) is 5.92 Å². The molecule has 1 amide bonds. The Hall–Kier alpha value is -4.14. The second kappa shape index (κ2) is 10.9. The number of carbonyl (C=O) groups excluding carboxylic acids is 1. The van der Waals surface area contributed by atoms with Gasteiger partial charge in [0.25, 0.3) is 5.91 Å². The van der Waals surface area contributed by atoms with E-state index in [1.54, 1.807) is 55.6 Å². The molecule has 1 atom stereocenters. The molecule has 0 spiro atoms. The predicted octanol–water partition coefficient (Wildman–Crippen LogP) is 5.13. The van der Waals surface area contributed by atoms with Crippen LogP contribution in [0.4, 0.5) is 5.13 Å². The molecule has 1 heterocycles. The Labute approximate surface area is 229 Å². The molecular weight excluding hydrogens is 538 g/mol. The van der Waals surface area contributed by atoms with Crippen molar-refractivity contribution >= 4 is 42.4 Å². The molecule has 4 aromatic rings. The fourth-order valence-corrected chi connectivity index (χ4v) is 6.61. The topological polar surface area (TPSA) is 128 Å². The maximum absolute atomic E-state index is 13.5. The summed E-state index contributed by atoms with van der Waals surface area (Å²) in [6.07, 6.45) is 0.751. The van der Waals surface area contributed by atoms with Crippen molar-refractivity contribution in [3.05, 3.63) is 71.8 Å². The van der Waals surface area contributed by atoms with Crippen LogP contribution in [0.3, 0.4) is 0 Å². The van der Waals surface area contributed by atoms with Crippen molar-refractivity contribution in [2.75, 3.05) is 25.3 Å². The number of sulfone groups is 1. The lowest BCUT2D eigenvalue weighted by molar-refractivity contribution is -0.123. The van der Waals surface area contributed by atoms with Crippen LogP contribution in [0.5, 0.6) is 17.2 Å². The van der Waals surface area contributed by atoms with E-state index in [1.807, 2.05) is 6.07 Å². The summed E-state index contributed by atoms with van der Waals surface area (Å²) < 4.78 is 42.9. The minimum atomic E-state index is -3.40. The van der Waals surface area contributed by atoms with Gasteiger partial charge in [-0.1, -0.05) is 23.5 Å². The molecular formula is C28H25N3O6S2. The molecule has 1 saturated carbocycles. The number of carbonyl (C=O) groups is 1. The van der Waals surface area contributed by atoms with E-state index < -0.39 is 21.8 Å². The summed E-state index contributed by atoms with van der Waals surface area (Å²) in [5.41, 5.74) is 1.54. The summed E-state index contributed by atoms with van der Waals surface area (Å²) in [5.74, 6) is 1.30. The van der Waals surface area contributed by atoms with E-state index in [2.05, 4.69) is 10.3 Å². The lowest BCUT2D eigenvalue weighted by atomic mass is 10.1. The van der Waals surface area contributed by atoms with Gasteiger partial charge in [-0.2, -0.15) is 5.26 Å².